The van der Waals surface area contributed by atoms with Crippen LogP contribution in [-0.4, -0.2) is 45.5 Å². The van der Waals surface area contributed by atoms with E-state index in [1.165, 1.54) is 11.1 Å². The van der Waals surface area contributed by atoms with Crippen molar-refractivity contribution in [3.05, 3.63) is 54.0 Å². The van der Waals surface area contributed by atoms with Crippen LogP contribution < -0.4 is 15.5 Å². The molecule has 3 aromatic heterocycles. The number of para-hydroxylation sites is 1. The molecule has 1 fully saturated rings. The number of benzene rings is 1. The van der Waals surface area contributed by atoms with E-state index in [2.05, 4.69) is 64.7 Å². The third-order valence-electron chi connectivity index (χ3n) is 5.57. The van der Waals surface area contributed by atoms with Gasteiger partial charge in [-0.1, -0.05) is 18.2 Å². The molecule has 0 saturated carbocycles. The van der Waals surface area contributed by atoms with Crippen molar-refractivity contribution in [3.63, 3.8) is 0 Å². The largest absolute Gasteiger partial charge is 0.355 e. The summed E-state index contributed by atoms with van der Waals surface area (Å²) in [6.07, 6.45) is 4.78. The van der Waals surface area contributed by atoms with Gasteiger partial charge in [0, 0.05) is 25.3 Å². The molecule has 1 aliphatic heterocycles. The van der Waals surface area contributed by atoms with Crippen LogP contribution in [-0.2, 0) is 0 Å². The molecule has 0 bridgehead atoms. The van der Waals surface area contributed by atoms with Crippen LogP contribution in [0.2, 0.25) is 0 Å². The highest BCUT2D eigenvalue weighted by molar-refractivity contribution is 5.85. The summed E-state index contributed by atoms with van der Waals surface area (Å²) in [6, 6.07) is 10.4. The number of aromatic nitrogens is 4. The highest BCUT2D eigenvalue weighted by Gasteiger charge is 2.15. The monoisotopic (exact) mass is 387 g/mol. The molecule has 1 saturated heterocycles. The van der Waals surface area contributed by atoms with Crippen LogP contribution in [0.25, 0.3) is 16.7 Å². The van der Waals surface area contributed by atoms with E-state index in [9.17, 15) is 0 Å². The predicted molar refractivity (Wildman–Crippen MR) is 117 cm³/mol. The minimum absolute atomic E-state index is 0.793. The minimum atomic E-state index is 0.793. The zero-order valence-electron chi connectivity index (χ0n) is 16.8. The molecular weight excluding hydrogens is 362 g/mol. The first-order valence-corrected chi connectivity index (χ1v) is 10.1. The zero-order valence-corrected chi connectivity index (χ0v) is 16.8. The number of fused-ring (bicyclic) bond motifs is 3. The Morgan fingerprint density at radius 1 is 1.00 bits per heavy atom. The van der Waals surface area contributed by atoms with Crippen LogP contribution in [0.1, 0.15) is 17.5 Å². The van der Waals surface area contributed by atoms with Crippen molar-refractivity contribution >= 4 is 34.0 Å². The minimum Gasteiger partial charge on any atom is -0.355 e. The molecule has 0 radical (unpaired) electrons. The number of pyridine rings is 1. The number of hydrogen-bond donors (Lipinski definition) is 2. The lowest BCUT2D eigenvalue weighted by Crippen LogP contribution is -2.28. The van der Waals surface area contributed by atoms with Gasteiger partial charge in [0.1, 0.15) is 23.2 Å². The summed E-state index contributed by atoms with van der Waals surface area (Å²) >= 11 is 0. The molecular formula is C22H25N7. The molecule has 5 rings (SSSR count). The number of nitrogens with one attached hydrogen (secondary N) is 2. The number of aryl methyl sites for hydroxylation is 2. The van der Waals surface area contributed by atoms with Gasteiger partial charge in [-0.25, -0.2) is 15.0 Å². The van der Waals surface area contributed by atoms with E-state index in [0.717, 1.165) is 66.6 Å². The smallest absolute Gasteiger partial charge is 0.166 e. The number of hydrogen-bond acceptors (Lipinski definition) is 6. The van der Waals surface area contributed by atoms with E-state index in [1.807, 2.05) is 16.9 Å². The Hall–Kier alpha value is -3.19. The Morgan fingerprint density at radius 2 is 1.86 bits per heavy atom. The quantitative estimate of drug-likeness (QED) is 0.561. The normalized spacial score (nSPS) is 15.0. The number of nitrogens with zero attached hydrogens (tertiary/aromatic N) is 5. The first-order chi connectivity index (χ1) is 14.2. The Kier molecular flexibility index (Phi) is 4.52. The van der Waals surface area contributed by atoms with Crippen molar-refractivity contribution in [3.8, 4) is 0 Å². The molecule has 0 unspecified atom stereocenters. The van der Waals surface area contributed by atoms with Crippen LogP contribution in [0.3, 0.4) is 0 Å². The summed E-state index contributed by atoms with van der Waals surface area (Å²) in [5, 5.41) is 6.97. The van der Waals surface area contributed by atoms with Crippen molar-refractivity contribution in [1.82, 2.24) is 24.7 Å². The fraction of sp³-hybridized carbons (Fsp3) is 0.318. The topological polar surface area (TPSA) is 70.4 Å². The van der Waals surface area contributed by atoms with Crippen molar-refractivity contribution in [2.45, 2.75) is 20.3 Å². The second kappa shape index (κ2) is 7.33. The van der Waals surface area contributed by atoms with E-state index in [1.54, 1.807) is 0 Å². The molecule has 4 aromatic rings. The van der Waals surface area contributed by atoms with E-state index < -0.39 is 0 Å². The van der Waals surface area contributed by atoms with E-state index in [0.29, 0.717) is 0 Å². The van der Waals surface area contributed by atoms with Gasteiger partial charge in [-0.3, -0.25) is 4.40 Å². The summed E-state index contributed by atoms with van der Waals surface area (Å²) in [4.78, 5) is 16.6. The maximum absolute atomic E-state index is 4.96. The Morgan fingerprint density at radius 3 is 2.72 bits per heavy atom. The number of rotatable bonds is 3. The Labute approximate surface area is 169 Å². The van der Waals surface area contributed by atoms with Gasteiger partial charge in [0.05, 0.1) is 6.20 Å². The van der Waals surface area contributed by atoms with Gasteiger partial charge in [-0.2, -0.15) is 0 Å². The fourth-order valence-electron chi connectivity index (χ4n) is 3.99. The van der Waals surface area contributed by atoms with Crippen molar-refractivity contribution in [1.29, 1.82) is 0 Å². The molecule has 0 spiro atoms. The molecule has 148 valence electrons. The van der Waals surface area contributed by atoms with Crippen LogP contribution in [0, 0.1) is 13.8 Å². The lowest BCUT2D eigenvalue weighted by Gasteiger charge is -2.21. The predicted octanol–water partition coefficient (Wildman–Crippen LogP) is 3.44. The van der Waals surface area contributed by atoms with Gasteiger partial charge in [-0.05, 0) is 50.1 Å². The fourth-order valence-corrected chi connectivity index (χ4v) is 3.99. The molecule has 2 N–H and O–H groups in total. The average molecular weight is 387 g/mol. The average Bonchev–Trinajstić information content (AvgIpc) is 3.07. The molecule has 4 heterocycles. The van der Waals surface area contributed by atoms with Crippen LogP contribution >= 0.6 is 0 Å². The maximum atomic E-state index is 4.96. The van der Waals surface area contributed by atoms with Crippen LogP contribution in [0.15, 0.2) is 42.9 Å². The Bertz CT molecular complexity index is 1150. The van der Waals surface area contributed by atoms with Crippen molar-refractivity contribution in [2.75, 3.05) is 36.4 Å². The summed E-state index contributed by atoms with van der Waals surface area (Å²) in [7, 11) is 0. The van der Waals surface area contributed by atoms with E-state index in [-0.39, 0.29) is 0 Å². The summed E-state index contributed by atoms with van der Waals surface area (Å²) in [6.45, 7) is 8.23. The number of anilines is 3. The molecule has 1 aliphatic rings. The van der Waals surface area contributed by atoms with Crippen LogP contribution in [0.5, 0.6) is 0 Å². The van der Waals surface area contributed by atoms with E-state index in [4.69, 9.17) is 9.97 Å². The lowest BCUT2D eigenvalue weighted by atomic mass is 10.1. The first-order valence-electron chi connectivity index (χ1n) is 10.1. The van der Waals surface area contributed by atoms with Crippen molar-refractivity contribution < 1.29 is 0 Å². The highest BCUT2D eigenvalue weighted by atomic mass is 15.2. The summed E-state index contributed by atoms with van der Waals surface area (Å²) < 4.78 is 2.03. The summed E-state index contributed by atoms with van der Waals surface area (Å²) in [5.41, 5.74) is 6.06. The SMILES string of the molecule is Cc1cccc(C)c1Nc1nc2ccc(N3CCCNCC3)nc2n2cncc12. The van der Waals surface area contributed by atoms with Gasteiger partial charge in [0.25, 0.3) is 0 Å². The third kappa shape index (κ3) is 3.27. The molecule has 7 nitrogen and oxygen atoms in total. The maximum Gasteiger partial charge on any atom is 0.166 e. The number of imidazole rings is 1. The molecule has 0 aliphatic carbocycles. The molecule has 1 aromatic carbocycles. The second-order valence-electron chi connectivity index (χ2n) is 7.60. The Balaban J connectivity index is 1.60. The van der Waals surface area contributed by atoms with Crippen molar-refractivity contribution in [2.24, 2.45) is 0 Å². The van der Waals surface area contributed by atoms with Gasteiger partial charge in [0.2, 0.25) is 0 Å². The van der Waals surface area contributed by atoms with Gasteiger partial charge >= 0.3 is 0 Å². The van der Waals surface area contributed by atoms with Gasteiger partial charge in [0.15, 0.2) is 11.5 Å². The molecule has 0 amide bonds. The molecule has 0 atom stereocenters. The lowest BCUT2D eigenvalue weighted by molar-refractivity contribution is 0.724. The van der Waals surface area contributed by atoms with Gasteiger partial charge < -0.3 is 15.5 Å². The standard InChI is InChI=1S/C22H25N7/c1-15-5-3-6-16(2)20(15)27-21-18-13-24-14-29(18)22-17(25-21)7-8-19(26-22)28-11-4-9-23-10-12-28/h3,5-8,13-14,23H,4,9-12H2,1-2H3,(H,25,27). The molecule has 29 heavy (non-hydrogen) atoms. The van der Waals surface area contributed by atoms with Gasteiger partial charge in [-0.15, -0.1) is 0 Å². The highest BCUT2D eigenvalue weighted by Crippen LogP contribution is 2.28. The first kappa shape index (κ1) is 17.9. The zero-order chi connectivity index (χ0) is 19.8. The third-order valence-corrected chi connectivity index (χ3v) is 5.57. The molecule has 7 heteroatoms. The van der Waals surface area contributed by atoms with E-state index >= 15 is 0 Å². The second-order valence-corrected chi connectivity index (χ2v) is 7.60. The van der Waals surface area contributed by atoms with Crippen LogP contribution in [0.4, 0.5) is 17.3 Å². The summed E-state index contributed by atoms with van der Waals surface area (Å²) in [5.74, 6) is 1.79.